The highest BCUT2D eigenvalue weighted by atomic mass is 16.5. The van der Waals surface area contributed by atoms with Gasteiger partial charge < -0.3 is 9.53 Å². The van der Waals surface area contributed by atoms with Crippen molar-refractivity contribution in [2.24, 2.45) is 17.3 Å². The van der Waals surface area contributed by atoms with Crippen LogP contribution in [0.3, 0.4) is 0 Å². The van der Waals surface area contributed by atoms with Gasteiger partial charge in [-0.05, 0) is 12.3 Å². The summed E-state index contributed by atoms with van der Waals surface area (Å²) in [5.41, 5.74) is 0.353. The summed E-state index contributed by atoms with van der Waals surface area (Å²) >= 11 is 0. The van der Waals surface area contributed by atoms with Crippen molar-refractivity contribution in [1.82, 2.24) is 0 Å². The van der Waals surface area contributed by atoms with E-state index >= 15 is 0 Å². The molecule has 1 aliphatic carbocycles. The smallest absolute Gasteiger partial charge is 0.123 e. The maximum atomic E-state index is 10.3. The van der Waals surface area contributed by atoms with Gasteiger partial charge in [0.1, 0.15) is 6.29 Å². The Hall–Kier alpha value is -0.370. The van der Waals surface area contributed by atoms with Gasteiger partial charge in [-0.15, -0.1) is 0 Å². The number of aldehydes is 1. The second-order valence-electron chi connectivity index (χ2n) is 3.79. The van der Waals surface area contributed by atoms with Gasteiger partial charge in [-0.25, -0.2) is 0 Å². The zero-order valence-corrected chi connectivity index (χ0v) is 6.17. The van der Waals surface area contributed by atoms with E-state index in [0.717, 1.165) is 25.9 Å². The maximum absolute atomic E-state index is 10.3. The monoisotopic (exact) mass is 140 g/mol. The van der Waals surface area contributed by atoms with Crippen LogP contribution in [0.15, 0.2) is 0 Å². The molecule has 0 amide bonds. The largest absolute Gasteiger partial charge is 0.380 e. The molecular weight excluding hydrogens is 128 g/mol. The van der Waals surface area contributed by atoms with Gasteiger partial charge >= 0.3 is 0 Å². The standard InChI is InChI=1S/C8H12O2/c1-8(4-10-5-8)7-2-6(7)3-9/h3,6-7H,2,4-5H2,1H3/t6-,7+/m0/s1. The Kier molecular flexibility index (Phi) is 1.15. The van der Waals surface area contributed by atoms with E-state index in [1.165, 1.54) is 0 Å². The van der Waals surface area contributed by atoms with Crippen molar-refractivity contribution >= 4 is 6.29 Å². The highest BCUT2D eigenvalue weighted by Crippen LogP contribution is 2.53. The van der Waals surface area contributed by atoms with Crippen LogP contribution in [0, 0.1) is 17.3 Å². The highest BCUT2D eigenvalue weighted by molar-refractivity contribution is 5.58. The first-order chi connectivity index (χ1) is 4.76. The molecular formula is C8H12O2. The zero-order chi connectivity index (χ0) is 7.19. The van der Waals surface area contributed by atoms with Crippen molar-refractivity contribution in [1.29, 1.82) is 0 Å². The quantitative estimate of drug-likeness (QED) is 0.532. The first-order valence-electron chi connectivity index (χ1n) is 3.79. The van der Waals surface area contributed by atoms with Gasteiger partial charge in [0.15, 0.2) is 0 Å². The van der Waals surface area contributed by atoms with Gasteiger partial charge in [0.25, 0.3) is 0 Å². The first kappa shape index (κ1) is 6.35. The number of rotatable bonds is 2. The Morgan fingerprint density at radius 3 is 2.60 bits per heavy atom. The lowest BCUT2D eigenvalue weighted by molar-refractivity contribution is -0.122. The summed E-state index contributed by atoms with van der Waals surface area (Å²) in [5, 5.41) is 0. The third kappa shape index (κ3) is 0.717. The van der Waals surface area contributed by atoms with E-state index in [-0.39, 0.29) is 0 Å². The normalized spacial score (nSPS) is 42.1. The molecule has 2 atom stereocenters. The summed E-state index contributed by atoms with van der Waals surface area (Å²) < 4.78 is 5.12. The molecule has 1 heterocycles. The van der Waals surface area contributed by atoms with Gasteiger partial charge in [-0.1, -0.05) is 6.92 Å². The van der Waals surface area contributed by atoms with E-state index in [1.54, 1.807) is 0 Å². The molecule has 2 nitrogen and oxygen atoms in total. The van der Waals surface area contributed by atoms with Gasteiger partial charge in [0.05, 0.1) is 13.2 Å². The lowest BCUT2D eigenvalue weighted by Gasteiger charge is -2.38. The topological polar surface area (TPSA) is 26.3 Å². The average molecular weight is 140 g/mol. The third-order valence-corrected chi connectivity index (χ3v) is 2.77. The van der Waals surface area contributed by atoms with E-state index in [1.807, 2.05) is 0 Å². The minimum absolute atomic E-state index is 0.353. The third-order valence-electron chi connectivity index (χ3n) is 2.77. The van der Waals surface area contributed by atoms with E-state index in [0.29, 0.717) is 17.3 Å². The van der Waals surface area contributed by atoms with Crippen LogP contribution in [0.1, 0.15) is 13.3 Å². The summed E-state index contributed by atoms with van der Waals surface area (Å²) in [5.74, 6) is 0.993. The van der Waals surface area contributed by atoms with Crippen molar-refractivity contribution < 1.29 is 9.53 Å². The lowest BCUT2D eigenvalue weighted by atomic mass is 9.82. The Bertz CT molecular complexity index is 161. The molecule has 0 bridgehead atoms. The summed E-state index contributed by atoms with van der Waals surface area (Å²) in [6.07, 6.45) is 2.19. The van der Waals surface area contributed by atoms with Crippen LogP contribution in [0.25, 0.3) is 0 Å². The summed E-state index contributed by atoms with van der Waals surface area (Å²) in [6.45, 7) is 3.94. The fourth-order valence-electron chi connectivity index (χ4n) is 1.80. The Morgan fingerprint density at radius 1 is 1.60 bits per heavy atom. The number of ether oxygens (including phenoxy) is 1. The number of hydrogen-bond donors (Lipinski definition) is 0. The van der Waals surface area contributed by atoms with Crippen molar-refractivity contribution in [2.45, 2.75) is 13.3 Å². The summed E-state index contributed by atoms with van der Waals surface area (Å²) in [7, 11) is 0. The average Bonchev–Trinajstić information content (AvgIpc) is 2.61. The fourth-order valence-corrected chi connectivity index (χ4v) is 1.80. The van der Waals surface area contributed by atoms with Crippen LogP contribution in [0.5, 0.6) is 0 Å². The molecule has 0 aromatic heterocycles. The molecule has 0 N–H and O–H groups in total. The first-order valence-corrected chi connectivity index (χ1v) is 3.79. The zero-order valence-electron chi connectivity index (χ0n) is 6.17. The molecule has 2 rings (SSSR count). The fraction of sp³-hybridized carbons (Fsp3) is 0.875. The van der Waals surface area contributed by atoms with E-state index in [4.69, 9.17) is 4.74 Å². The van der Waals surface area contributed by atoms with Crippen LogP contribution < -0.4 is 0 Å². The number of hydrogen-bond acceptors (Lipinski definition) is 2. The van der Waals surface area contributed by atoms with Crippen LogP contribution in [0.4, 0.5) is 0 Å². The molecule has 0 radical (unpaired) electrons. The van der Waals surface area contributed by atoms with E-state index < -0.39 is 0 Å². The molecule has 2 fully saturated rings. The molecule has 1 aliphatic heterocycles. The maximum Gasteiger partial charge on any atom is 0.123 e. The Morgan fingerprint density at radius 2 is 2.30 bits per heavy atom. The molecule has 0 unspecified atom stereocenters. The molecule has 10 heavy (non-hydrogen) atoms. The van der Waals surface area contributed by atoms with Crippen molar-refractivity contribution in [3.63, 3.8) is 0 Å². The van der Waals surface area contributed by atoms with Gasteiger partial charge in [-0.3, -0.25) is 0 Å². The molecule has 1 saturated heterocycles. The molecule has 0 aromatic rings. The molecule has 0 aromatic carbocycles. The van der Waals surface area contributed by atoms with Crippen molar-refractivity contribution in [3.05, 3.63) is 0 Å². The minimum atomic E-state index is 0.353. The molecule has 0 spiro atoms. The van der Waals surface area contributed by atoms with E-state index in [2.05, 4.69) is 6.92 Å². The minimum Gasteiger partial charge on any atom is -0.380 e. The van der Waals surface area contributed by atoms with Crippen LogP contribution >= 0.6 is 0 Å². The number of carbonyl (C=O) groups is 1. The van der Waals surface area contributed by atoms with Gasteiger partial charge in [0.2, 0.25) is 0 Å². The summed E-state index contributed by atoms with van der Waals surface area (Å²) in [6, 6.07) is 0. The van der Waals surface area contributed by atoms with Crippen LogP contribution in [0.2, 0.25) is 0 Å². The highest BCUT2D eigenvalue weighted by Gasteiger charge is 2.53. The molecule has 2 heteroatoms. The van der Waals surface area contributed by atoms with Crippen LogP contribution in [-0.2, 0) is 9.53 Å². The van der Waals surface area contributed by atoms with Gasteiger partial charge in [-0.2, -0.15) is 0 Å². The molecule has 2 aliphatic rings. The van der Waals surface area contributed by atoms with E-state index in [9.17, 15) is 4.79 Å². The van der Waals surface area contributed by atoms with Crippen molar-refractivity contribution in [3.8, 4) is 0 Å². The predicted molar refractivity (Wildman–Crippen MR) is 36.6 cm³/mol. The van der Waals surface area contributed by atoms with Crippen LogP contribution in [-0.4, -0.2) is 19.5 Å². The second kappa shape index (κ2) is 1.82. The molecule has 1 saturated carbocycles. The molecule has 56 valence electrons. The van der Waals surface area contributed by atoms with Crippen molar-refractivity contribution in [2.75, 3.05) is 13.2 Å². The SMILES string of the molecule is CC1([C@@H]2C[C@H]2C=O)COC1. The number of carbonyl (C=O) groups excluding carboxylic acids is 1. The summed E-state index contributed by atoms with van der Waals surface area (Å²) in [4.78, 5) is 10.3. The Labute approximate surface area is 60.6 Å². The lowest BCUT2D eigenvalue weighted by Crippen LogP contribution is -2.42. The second-order valence-corrected chi connectivity index (χ2v) is 3.79. The Balaban J connectivity index is 1.95. The van der Waals surface area contributed by atoms with Gasteiger partial charge in [0, 0.05) is 11.3 Å². The predicted octanol–water partition coefficient (Wildman–Crippen LogP) is 0.858.